The number of hydrogen-bond acceptors (Lipinski definition) is 3. The summed E-state index contributed by atoms with van der Waals surface area (Å²) in [5.74, 6) is 2.81. The van der Waals surface area contributed by atoms with Crippen molar-refractivity contribution in [2.45, 2.75) is 0 Å². The van der Waals surface area contributed by atoms with Crippen molar-refractivity contribution in [3.8, 4) is 17.6 Å². The van der Waals surface area contributed by atoms with E-state index in [0.717, 1.165) is 12.1 Å². The van der Waals surface area contributed by atoms with Crippen molar-refractivity contribution < 1.29 is 14.4 Å². The van der Waals surface area contributed by atoms with Crippen molar-refractivity contribution in [2.75, 3.05) is 5.88 Å². The van der Waals surface area contributed by atoms with Gasteiger partial charge < -0.3 is 5.11 Å². The van der Waals surface area contributed by atoms with Gasteiger partial charge in [0.15, 0.2) is 5.82 Å². The molecule has 0 saturated carbocycles. The Morgan fingerprint density at radius 3 is 2.80 bits per heavy atom. The zero-order valence-corrected chi connectivity index (χ0v) is 8.08. The van der Waals surface area contributed by atoms with E-state index >= 15 is 0 Å². The van der Waals surface area contributed by atoms with Crippen LogP contribution in [0.3, 0.4) is 0 Å². The van der Waals surface area contributed by atoms with Crippen LogP contribution in [0.4, 0.5) is 10.1 Å². The summed E-state index contributed by atoms with van der Waals surface area (Å²) in [7, 11) is 0. The molecule has 0 aromatic heterocycles. The zero-order chi connectivity index (χ0) is 11.4. The largest absolute Gasteiger partial charge is 0.500 e. The second kappa shape index (κ2) is 4.62. The smallest absolute Gasteiger partial charge is 0.315 e. The predicted molar refractivity (Wildman–Crippen MR) is 52.3 cm³/mol. The van der Waals surface area contributed by atoms with E-state index in [1.807, 2.05) is 0 Å². The van der Waals surface area contributed by atoms with Crippen LogP contribution in [0, 0.1) is 27.8 Å². The lowest BCUT2D eigenvalue weighted by Gasteiger charge is -1.98. The van der Waals surface area contributed by atoms with E-state index in [2.05, 4.69) is 11.8 Å². The fraction of sp³-hybridized carbons (Fsp3) is 0.111. The second-order valence-corrected chi connectivity index (χ2v) is 2.79. The first-order valence-electron chi connectivity index (χ1n) is 3.78. The number of nitro benzene ring substituents is 1. The van der Waals surface area contributed by atoms with Crippen molar-refractivity contribution in [3.05, 3.63) is 33.6 Å². The molecule has 0 radical (unpaired) electrons. The van der Waals surface area contributed by atoms with Gasteiger partial charge in [-0.2, -0.15) is 0 Å². The van der Waals surface area contributed by atoms with Crippen LogP contribution >= 0.6 is 11.6 Å². The quantitative estimate of drug-likeness (QED) is 0.347. The lowest BCUT2D eigenvalue weighted by Crippen LogP contribution is -1.92. The zero-order valence-electron chi connectivity index (χ0n) is 7.33. The minimum atomic E-state index is -1.08. The number of phenolic OH excluding ortho intramolecular Hbond substituents is 1. The van der Waals surface area contributed by atoms with Gasteiger partial charge in [-0.25, -0.2) is 4.39 Å². The first-order chi connectivity index (χ1) is 7.06. The third-order valence-electron chi connectivity index (χ3n) is 1.54. The molecule has 1 rings (SSSR count). The Morgan fingerprint density at radius 2 is 2.27 bits per heavy atom. The molecule has 4 nitrogen and oxygen atoms in total. The highest BCUT2D eigenvalue weighted by molar-refractivity contribution is 6.19. The molecule has 0 aliphatic heterocycles. The Bertz CT molecular complexity index is 464. The van der Waals surface area contributed by atoms with E-state index in [1.54, 1.807) is 0 Å². The standard InChI is InChI=1S/C9H5ClFNO3/c10-3-1-2-6-4-7(11)9(13)8(5-6)12(14)15/h4-5,13H,3H2. The average molecular weight is 230 g/mol. The molecule has 0 saturated heterocycles. The van der Waals surface area contributed by atoms with E-state index in [9.17, 15) is 14.5 Å². The number of nitro groups is 1. The minimum absolute atomic E-state index is 0.0380. The van der Waals surface area contributed by atoms with Crippen LogP contribution in [-0.2, 0) is 0 Å². The lowest BCUT2D eigenvalue weighted by molar-refractivity contribution is -0.386. The first kappa shape index (κ1) is 11.3. The van der Waals surface area contributed by atoms with Crippen LogP contribution in [-0.4, -0.2) is 15.9 Å². The van der Waals surface area contributed by atoms with E-state index in [1.165, 1.54) is 0 Å². The number of alkyl halides is 1. The Labute approximate surface area is 89.4 Å². The molecule has 1 aromatic rings. The summed E-state index contributed by atoms with van der Waals surface area (Å²) in [6.45, 7) is 0. The van der Waals surface area contributed by atoms with Gasteiger partial charge in [0.05, 0.1) is 10.8 Å². The Hall–Kier alpha value is -1.80. The lowest BCUT2D eigenvalue weighted by atomic mass is 10.2. The van der Waals surface area contributed by atoms with Crippen LogP contribution in [0.5, 0.6) is 5.75 Å². The molecule has 0 unspecified atom stereocenters. The fourth-order valence-electron chi connectivity index (χ4n) is 0.931. The molecular weight excluding hydrogens is 225 g/mol. The maximum absolute atomic E-state index is 13.0. The first-order valence-corrected chi connectivity index (χ1v) is 4.31. The highest BCUT2D eigenvalue weighted by Gasteiger charge is 2.18. The molecule has 0 atom stereocenters. The third kappa shape index (κ3) is 2.58. The van der Waals surface area contributed by atoms with Gasteiger partial charge in [-0.15, -0.1) is 11.6 Å². The fourth-order valence-corrected chi connectivity index (χ4v) is 0.998. The van der Waals surface area contributed by atoms with Gasteiger partial charge in [0, 0.05) is 11.6 Å². The maximum atomic E-state index is 13.0. The molecule has 78 valence electrons. The summed E-state index contributed by atoms with van der Waals surface area (Å²) in [5, 5.41) is 19.4. The summed E-state index contributed by atoms with van der Waals surface area (Å²) >= 11 is 5.27. The van der Waals surface area contributed by atoms with Crippen molar-refractivity contribution >= 4 is 17.3 Å². The Kier molecular flexibility index (Phi) is 3.47. The number of halogens is 2. The number of aromatic hydroxyl groups is 1. The molecular formula is C9H5ClFNO3. The molecule has 0 spiro atoms. The number of hydrogen-bond donors (Lipinski definition) is 1. The maximum Gasteiger partial charge on any atom is 0.315 e. The summed E-state index contributed by atoms with van der Waals surface area (Å²) in [6, 6.07) is 1.89. The van der Waals surface area contributed by atoms with E-state index in [-0.39, 0.29) is 11.4 Å². The molecule has 15 heavy (non-hydrogen) atoms. The van der Waals surface area contributed by atoms with Crippen LogP contribution in [0.15, 0.2) is 12.1 Å². The molecule has 0 aliphatic carbocycles. The summed E-state index contributed by atoms with van der Waals surface area (Å²) in [4.78, 5) is 9.52. The van der Waals surface area contributed by atoms with Gasteiger partial charge in [-0.05, 0) is 6.07 Å². The molecule has 0 fully saturated rings. The summed E-state index contributed by atoms with van der Waals surface area (Å²) < 4.78 is 13.0. The molecule has 0 aliphatic rings. The topological polar surface area (TPSA) is 63.4 Å². The van der Waals surface area contributed by atoms with Gasteiger partial charge in [-0.1, -0.05) is 11.8 Å². The van der Waals surface area contributed by atoms with Gasteiger partial charge in [0.25, 0.3) is 0 Å². The number of benzene rings is 1. The second-order valence-electron chi connectivity index (χ2n) is 2.52. The summed E-state index contributed by atoms with van der Waals surface area (Å²) in [5.41, 5.74) is -0.619. The van der Waals surface area contributed by atoms with Crippen LogP contribution in [0.1, 0.15) is 5.56 Å². The van der Waals surface area contributed by atoms with Crippen LogP contribution < -0.4 is 0 Å². The molecule has 0 heterocycles. The number of rotatable bonds is 1. The van der Waals surface area contributed by atoms with Crippen molar-refractivity contribution in [3.63, 3.8) is 0 Å². The normalized spacial score (nSPS) is 9.20. The highest BCUT2D eigenvalue weighted by Crippen LogP contribution is 2.29. The highest BCUT2D eigenvalue weighted by atomic mass is 35.5. The molecule has 1 aromatic carbocycles. The van der Waals surface area contributed by atoms with Crippen molar-refractivity contribution in [1.82, 2.24) is 0 Å². The van der Waals surface area contributed by atoms with E-state index in [4.69, 9.17) is 16.7 Å². The van der Waals surface area contributed by atoms with Crippen LogP contribution in [0.25, 0.3) is 0 Å². The van der Waals surface area contributed by atoms with Gasteiger partial charge in [-0.3, -0.25) is 10.1 Å². The monoisotopic (exact) mass is 229 g/mol. The van der Waals surface area contributed by atoms with Gasteiger partial charge >= 0.3 is 5.69 Å². The van der Waals surface area contributed by atoms with Gasteiger partial charge in [0.2, 0.25) is 5.75 Å². The van der Waals surface area contributed by atoms with E-state index < -0.39 is 22.2 Å². The third-order valence-corrected chi connectivity index (χ3v) is 1.67. The number of phenols is 1. The van der Waals surface area contributed by atoms with Crippen molar-refractivity contribution in [2.24, 2.45) is 0 Å². The van der Waals surface area contributed by atoms with Crippen LogP contribution in [0.2, 0.25) is 0 Å². The van der Waals surface area contributed by atoms with Gasteiger partial charge in [0.1, 0.15) is 0 Å². The molecule has 0 amide bonds. The van der Waals surface area contributed by atoms with E-state index in [0.29, 0.717) is 0 Å². The summed E-state index contributed by atoms with van der Waals surface area (Å²) in [6.07, 6.45) is 0. The Balaban J connectivity index is 3.29. The SMILES string of the molecule is O=[N+]([O-])c1cc(C#CCCl)cc(F)c1O. The predicted octanol–water partition coefficient (Wildman–Crippen LogP) is 2.03. The molecule has 0 bridgehead atoms. The van der Waals surface area contributed by atoms with Crippen molar-refractivity contribution in [1.29, 1.82) is 0 Å². The molecule has 1 N–H and O–H groups in total. The molecule has 6 heteroatoms. The number of nitrogens with zero attached hydrogens (tertiary/aromatic N) is 1. The minimum Gasteiger partial charge on any atom is -0.500 e. The average Bonchev–Trinajstić information content (AvgIpc) is 2.19. The Morgan fingerprint density at radius 1 is 1.60 bits per heavy atom.